The molecule has 2 heterocycles. The zero-order valence-corrected chi connectivity index (χ0v) is 14.8. The monoisotopic (exact) mass is 336 g/mol. The van der Waals surface area contributed by atoms with E-state index in [1.54, 1.807) is 15.9 Å². The predicted molar refractivity (Wildman–Crippen MR) is 102 cm³/mol. The van der Waals surface area contributed by atoms with Gasteiger partial charge in [0, 0.05) is 11.9 Å². The summed E-state index contributed by atoms with van der Waals surface area (Å²) in [5.74, 6) is 0.715. The fourth-order valence-electron chi connectivity index (χ4n) is 3.40. The molecule has 2 aromatic heterocycles. The molecular weight excluding hydrogens is 316 g/mol. The van der Waals surface area contributed by atoms with Gasteiger partial charge in [0.2, 0.25) is 0 Å². The van der Waals surface area contributed by atoms with Gasteiger partial charge in [-0.3, -0.25) is 9.36 Å². The normalized spacial score (nSPS) is 14.4. The lowest BCUT2D eigenvalue weighted by molar-refractivity contribution is 0.699. The maximum atomic E-state index is 12.8. The minimum Gasteiger partial charge on any atom is -0.296 e. The summed E-state index contributed by atoms with van der Waals surface area (Å²) in [7, 11) is 1.82. The van der Waals surface area contributed by atoms with Crippen LogP contribution in [-0.4, -0.2) is 9.55 Å². The molecule has 0 radical (unpaired) electrons. The van der Waals surface area contributed by atoms with E-state index < -0.39 is 0 Å². The first kappa shape index (κ1) is 15.3. The highest BCUT2D eigenvalue weighted by Gasteiger charge is 2.20. The number of hydrogen-bond donors (Lipinski definition) is 0. The van der Waals surface area contributed by atoms with Gasteiger partial charge in [0.1, 0.15) is 10.7 Å². The minimum atomic E-state index is 0.0864. The second-order valence-electron chi connectivity index (χ2n) is 6.47. The fourth-order valence-corrected chi connectivity index (χ4v) is 4.65. The lowest BCUT2D eigenvalue weighted by atomic mass is 9.97. The molecule has 0 aliphatic heterocycles. The SMILES string of the molecule is Cc1cccc(/C=C/c2nc3sc4c(c3c(=O)n2C)CCCC4)c1. The van der Waals surface area contributed by atoms with Crippen molar-refractivity contribution in [2.24, 2.45) is 7.05 Å². The number of fused-ring (bicyclic) bond motifs is 3. The summed E-state index contributed by atoms with van der Waals surface area (Å²) in [6.07, 6.45) is 8.47. The lowest BCUT2D eigenvalue weighted by Crippen LogP contribution is -2.21. The number of nitrogens with zero attached hydrogens (tertiary/aromatic N) is 2. The quantitative estimate of drug-likeness (QED) is 0.697. The summed E-state index contributed by atoms with van der Waals surface area (Å²) >= 11 is 1.70. The first-order valence-electron chi connectivity index (χ1n) is 8.39. The molecule has 1 aliphatic carbocycles. The van der Waals surface area contributed by atoms with Crippen LogP contribution in [0.1, 0.15) is 40.2 Å². The zero-order chi connectivity index (χ0) is 16.7. The van der Waals surface area contributed by atoms with Crippen molar-refractivity contribution >= 4 is 33.7 Å². The van der Waals surface area contributed by atoms with E-state index in [-0.39, 0.29) is 5.56 Å². The Balaban J connectivity index is 1.82. The van der Waals surface area contributed by atoms with Gasteiger partial charge in [-0.1, -0.05) is 35.9 Å². The summed E-state index contributed by atoms with van der Waals surface area (Å²) in [5, 5.41) is 0.852. The summed E-state index contributed by atoms with van der Waals surface area (Å²) < 4.78 is 1.68. The van der Waals surface area contributed by atoms with Crippen molar-refractivity contribution in [2.75, 3.05) is 0 Å². The largest absolute Gasteiger partial charge is 0.296 e. The van der Waals surface area contributed by atoms with Crippen LogP contribution in [0.2, 0.25) is 0 Å². The third kappa shape index (κ3) is 2.61. The standard InChI is InChI=1S/C20H20N2OS/c1-13-6-5-7-14(12-13)10-11-17-21-19-18(20(23)22(17)2)15-8-3-4-9-16(15)24-19/h5-7,10-12H,3-4,8-9H2,1-2H3/b11-10+. The molecule has 4 rings (SSSR count). The molecule has 24 heavy (non-hydrogen) atoms. The van der Waals surface area contributed by atoms with E-state index in [9.17, 15) is 4.79 Å². The van der Waals surface area contributed by atoms with Gasteiger partial charge < -0.3 is 0 Å². The number of benzene rings is 1. The highest BCUT2D eigenvalue weighted by atomic mass is 32.1. The molecule has 0 saturated heterocycles. The first-order valence-corrected chi connectivity index (χ1v) is 9.21. The minimum absolute atomic E-state index is 0.0864. The van der Waals surface area contributed by atoms with Crippen molar-refractivity contribution in [1.82, 2.24) is 9.55 Å². The molecule has 0 spiro atoms. The molecule has 3 aromatic rings. The smallest absolute Gasteiger partial charge is 0.262 e. The molecule has 122 valence electrons. The van der Waals surface area contributed by atoms with E-state index in [2.05, 4.69) is 25.1 Å². The summed E-state index contributed by atoms with van der Waals surface area (Å²) in [6.45, 7) is 2.08. The summed E-state index contributed by atoms with van der Waals surface area (Å²) in [4.78, 5) is 19.9. The van der Waals surface area contributed by atoms with Crippen LogP contribution in [0.15, 0.2) is 29.1 Å². The zero-order valence-electron chi connectivity index (χ0n) is 14.0. The van der Waals surface area contributed by atoms with Crippen LogP contribution in [-0.2, 0) is 19.9 Å². The topological polar surface area (TPSA) is 34.9 Å². The Bertz CT molecular complexity index is 1010. The Kier molecular flexibility index (Phi) is 3.85. The summed E-state index contributed by atoms with van der Waals surface area (Å²) in [5.41, 5.74) is 3.68. The highest BCUT2D eigenvalue weighted by Crippen LogP contribution is 2.33. The molecule has 0 N–H and O–H groups in total. The van der Waals surface area contributed by atoms with Gasteiger partial charge in [-0.25, -0.2) is 4.98 Å². The Morgan fingerprint density at radius 2 is 2.04 bits per heavy atom. The van der Waals surface area contributed by atoms with Crippen molar-refractivity contribution in [1.29, 1.82) is 0 Å². The van der Waals surface area contributed by atoms with Crippen LogP contribution in [0, 0.1) is 6.92 Å². The average Bonchev–Trinajstić information content (AvgIpc) is 2.95. The molecule has 0 bridgehead atoms. The number of aromatic nitrogens is 2. The van der Waals surface area contributed by atoms with Gasteiger partial charge in [-0.15, -0.1) is 11.3 Å². The third-order valence-electron chi connectivity index (χ3n) is 4.70. The molecule has 0 fully saturated rings. The van der Waals surface area contributed by atoms with E-state index in [1.165, 1.54) is 28.8 Å². The molecule has 1 aliphatic rings. The van der Waals surface area contributed by atoms with E-state index in [0.29, 0.717) is 5.82 Å². The lowest BCUT2D eigenvalue weighted by Gasteiger charge is -2.10. The number of rotatable bonds is 2. The predicted octanol–water partition coefficient (Wildman–Crippen LogP) is 4.35. The van der Waals surface area contributed by atoms with Crippen LogP contribution < -0.4 is 5.56 Å². The van der Waals surface area contributed by atoms with E-state index in [1.807, 2.05) is 25.3 Å². The number of aryl methyl sites for hydroxylation is 3. The van der Waals surface area contributed by atoms with Gasteiger partial charge in [0.25, 0.3) is 5.56 Å². The molecule has 3 nitrogen and oxygen atoms in total. The van der Waals surface area contributed by atoms with Gasteiger partial charge >= 0.3 is 0 Å². The Labute approximate surface area is 145 Å². The van der Waals surface area contributed by atoms with Crippen LogP contribution in [0.4, 0.5) is 0 Å². The number of thiophene rings is 1. The Morgan fingerprint density at radius 1 is 1.21 bits per heavy atom. The van der Waals surface area contributed by atoms with E-state index in [0.717, 1.165) is 28.6 Å². The maximum Gasteiger partial charge on any atom is 0.262 e. The van der Waals surface area contributed by atoms with Crippen LogP contribution in [0.5, 0.6) is 0 Å². The third-order valence-corrected chi connectivity index (χ3v) is 5.88. The van der Waals surface area contributed by atoms with Crippen LogP contribution in [0.25, 0.3) is 22.4 Å². The second-order valence-corrected chi connectivity index (χ2v) is 7.56. The Morgan fingerprint density at radius 3 is 2.88 bits per heavy atom. The highest BCUT2D eigenvalue weighted by molar-refractivity contribution is 7.18. The van der Waals surface area contributed by atoms with Gasteiger partial charge in [-0.2, -0.15) is 0 Å². The Hall–Kier alpha value is -2.20. The van der Waals surface area contributed by atoms with Crippen molar-refractivity contribution in [2.45, 2.75) is 32.6 Å². The number of hydrogen-bond acceptors (Lipinski definition) is 3. The molecule has 0 amide bonds. The van der Waals surface area contributed by atoms with Crippen molar-refractivity contribution < 1.29 is 0 Å². The van der Waals surface area contributed by atoms with Crippen molar-refractivity contribution in [3.8, 4) is 0 Å². The summed E-state index contributed by atoms with van der Waals surface area (Å²) in [6, 6.07) is 8.30. The fraction of sp³-hybridized carbons (Fsp3) is 0.300. The molecule has 0 atom stereocenters. The van der Waals surface area contributed by atoms with E-state index >= 15 is 0 Å². The molecule has 1 aromatic carbocycles. The molecule has 4 heteroatoms. The average molecular weight is 336 g/mol. The van der Waals surface area contributed by atoms with Crippen LogP contribution in [0.3, 0.4) is 0 Å². The van der Waals surface area contributed by atoms with Gasteiger partial charge in [-0.05, 0) is 49.8 Å². The first-order chi connectivity index (χ1) is 11.6. The van der Waals surface area contributed by atoms with Gasteiger partial charge in [0.05, 0.1) is 5.39 Å². The van der Waals surface area contributed by atoms with Gasteiger partial charge in [0.15, 0.2) is 0 Å². The molecule has 0 unspecified atom stereocenters. The van der Waals surface area contributed by atoms with E-state index in [4.69, 9.17) is 4.98 Å². The second kappa shape index (κ2) is 6.02. The van der Waals surface area contributed by atoms with Crippen molar-refractivity contribution in [3.05, 3.63) is 62.0 Å². The molecular formula is C20H20N2OS. The maximum absolute atomic E-state index is 12.8. The van der Waals surface area contributed by atoms with Crippen molar-refractivity contribution in [3.63, 3.8) is 0 Å². The van der Waals surface area contributed by atoms with Crippen LogP contribution >= 0.6 is 11.3 Å². The molecule has 0 saturated carbocycles.